The van der Waals surface area contributed by atoms with Gasteiger partial charge in [-0.25, -0.2) is 4.39 Å². The lowest BCUT2D eigenvalue weighted by molar-refractivity contribution is -0.384. The van der Waals surface area contributed by atoms with Crippen LogP contribution >= 0.6 is 38.5 Å². The van der Waals surface area contributed by atoms with E-state index < -0.39 is 16.6 Å². The Morgan fingerprint density at radius 1 is 1.29 bits per heavy atom. The third-order valence-corrected chi connectivity index (χ3v) is 4.17. The first-order valence-corrected chi connectivity index (χ1v) is 7.46. The molecule has 5 nitrogen and oxygen atoms in total. The molecular formula is C13H7BrFIN2O3. The summed E-state index contributed by atoms with van der Waals surface area (Å²) in [7, 11) is 0. The van der Waals surface area contributed by atoms with Gasteiger partial charge in [0.05, 0.1) is 15.0 Å². The number of amides is 1. The summed E-state index contributed by atoms with van der Waals surface area (Å²) in [4.78, 5) is 22.3. The highest BCUT2D eigenvalue weighted by Crippen LogP contribution is 2.23. The van der Waals surface area contributed by atoms with Crippen LogP contribution < -0.4 is 5.32 Å². The molecule has 1 amide bonds. The van der Waals surface area contributed by atoms with Crippen LogP contribution in [0.5, 0.6) is 0 Å². The second-order valence-corrected chi connectivity index (χ2v) is 6.02. The number of nitrogens with zero attached hydrogens (tertiary/aromatic N) is 1. The van der Waals surface area contributed by atoms with Gasteiger partial charge in [0, 0.05) is 21.4 Å². The Morgan fingerprint density at radius 3 is 2.62 bits per heavy atom. The zero-order chi connectivity index (χ0) is 15.6. The van der Waals surface area contributed by atoms with Gasteiger partial charge in [-0.05, 0) is 62.8 Å². The number of nitro groups is 1. The molecule has 108 valence electrons. The molecular weight excluding hydrogens is 458 g/mol. The van der Waals surface area contributed by atoms with Crippen LogP contribution in [0.4, 0.5) is 15.8 Å². The SMILES string of the molecule is O=C(Nc1ccc(Br)c(F)c1)c1cc([N+](=O)[O-])ccc1I. The molecule has 0 aliphatic rings. The number of benzene rings is 2. The number of carbonyl (C=O) groups is 1. The summed E-state index contributed by atoms with van der Waals surface area (Å²) in [6.45, 7) is 0. The van der Waals surface area contributed by atoms with E-state index >= 15 is 0 Å². The summed E-state index contributed by atoms with van der Waals surface area (Å²) in [5.74, 6) is -1.05. The number of nitrogens with one attached hydrogen (secondary N) is 1. The summed E-state index contributed by atoms with van der Waals surface area (Å²) in [6.07, 6.45) is 0. The Bertz CT molecular complexity index is 739. The van der Waals surface area contributed by atoms with E-state index in [-0.39, 0.29) is 21.4 Å². The minimum absolute atomic E-state index is 0.160. The number of nitro benzene ring substituents is 1. The summed E-state index contributed by atoms with van der Waals surface area (Å²) in [5.41, 5.74) is 0.249. The van der Waals surface area contributed by atoms with Crippen LogP contribution in [-0.4, -0.2) is 10.8 Å². The molecule has 2 aromatic rings. The van der Waals surface area contributed by atoms with E-state index in [1.54, 1.807) is 0 Å². The Kier molecular flexibility index (Phi) is 4.88. The van der Waals surface area contributed by atoms with Crippen molar-refractivity contribution >= 4 is 55.8 Å². The van der Waals surface area contributed by atoms with Crippen molar-refractivity contribution in [2.45, 2.75) is 0 Å². The number of carbonyl (C=O) groups excluding carboxylic acids is 1. The Hall–Kier alpha value is -1.55. The normalized spacial score (nSPS) is 10.2. The lowest BCUT2D eigenvalue weighted by Crippen LogP contribution is -2.14. The summed E-state index contributed by atoms with van der Waals surface area (Å²) < 4.78 is 14.2. The molecule has 0 heterocycles. The fraction of sp³-hybridized carbons (Fsp3) is 0. The molecule has 0 unspecified atom stereocenters. The second-order valence-electron chi connectivity index (χ2n) is 4.00. The van der Waals surface area contributed by atoms with E-state index in [4.69, 9.17) is 0 Å². The van der Waals surface area contributed by atoms with E-state index in [1.807, 2.05) is 22.6 Å². The molecule has 0 bridgehead atoms. The van der Waals surface area contributed by atoms with Crippen LogP contribution in [0.2, 0.25) is 0 Å². The fourth-order valence-corrected chi connectivity index (χ4v) is 2.40. The molecule has 0 radical (unpaired) electrons. The lowest BCUT2D eigenvalue weighted by atomic mass is 10.2. The van der Waals surface area contributed by atoms with Crippen molar-refractivity contribution in [2.75, 3.05) is 5.32 Å². The van der Waals surface area contributed by atoms with Crippen molar-refractivity contribution < 1.29 is 14.1 Å². The maximum Gasteiger partial charge on any atom is 0.270 e. The average Bonchev–Trinajstić information content (AvgIpc) is 2.43. The van der Waals surface area contributed by atoms with Crippen LogP contribution in [-0.2, 0) is 0 Å². The standard InChI is InChI=1S/C13H7BrFIN2O3/c14-10-3-1-7(5-11(10)15)17-13(19)9-6-8(18(20)21)2-4-12(9)16/h1-6H,(H,17,19). The zero-order valence-electron chi connectivity index (χ0n) is 10.3. The van der Waals surface area contributed by atoms with Crippen molar-refractivity contribution in [3.63, 3.8) is 0 Å². The van der Waals surface area contributed by atoms with Crippen molar-refractivity contribution in [2.24, 2.45) is 0 Å². The van der Waals surface area contributed by atoms with Gasteiger partial charge in [0.2, 0.25) is 0 Å². The first-order chi connectivity index (χ1) is 9.88. The molecule has 0 aliphatic carbocycles. The Morgan fingerprint density at radius 2 is 2.00 bits per heavy atom. The predicted octanol–water partition coefficient (Wildman–Crippen LogP) is 4.35. The highest BCUT2D eigenvalue weighted by molar-refractivity contribution is 14.1. The number of hydrogen-bond donors (Lipinski definition) is 1. The van der Waals surface area contributed by atoms with Crippen LogP contribution in [0.1, 0.15) is 10.4 Å². The van der Waals surface area contributed by atoms with Gasteiger partial charge in [-0.1, -0.05) is 0 Å². The Labute approximate surface area is 141 Å². The first-order valence-electron chi connectivity index (χ1n) is 5.59. The van der Waals surface area contributed by atoms with Crippen molar-refractivity contribution in [1.82, 2.24) is 0 Å². The second kappa shape index (κ2) is 6.48. The summed E-state index contributed by atoms with van der Waals surface area (Å²) >= 11 is 4.92. The van der Waals surface area contributed by atoms with Crippen LogP contribution in [0, 0.1) is 19.5 Å². The van der Waals surface area contributed by atoms with Crippen molar-refractivity contribution in [3.05, 3.63) is 65.9 Å². The molecule has 1 N–H and O–H groups in total. The Balaban J connectivity index is 2.29. The van der Waals surface area contributed by atoms with Gasteiger partial charge in [0.15, 0.2) is 0 Å². The third kappa shape index (κ3) is 3.76. The van der Waals surface area contributed by atoms with E-state index in [0.717, 1.165) is 6.07 Å². The van der Waals surface area contributed by atoms with E-state index in [0.29, 0.717) is 3.57 Å². The van der Waals surface area contributed by atoms with Crippen molar-refractivity contribution in [3.8, 4) is 0 Å². The molecule has 0 aromatic heterocycles. The summed E-state index contributed by atoms with van der Waals surface area (Å²) in [5, 5.41) is 13.3. The zero-order valence-corrected chi connectivity index (χ0v) is 14.0. The summed E-state index contributed by atoms with van der Waals surface area (Å²) in [6, 6.07) is 8.13. The molecule has 2 rings (SSSR count). The van der Waals surface area contributed by atoms with Gasteiger partial charge in [0.1, 0.15) is 5.82 Å². The van der Waals surface area contributed by atoms with Crippen molar-refractivity contribution in [1.29, 1.82) is 0 Å². The van der Waals surface area contributed by atoms with Gasteiger partial charge < -0.3 is 5.32 Å². The van der Waals surface area contributed by atoms with E-state index in [2.05, 4.69) is 21.2 Å². The maximum atomic E-state index is 13.4. The predicted molar refractivity (Wildman–Crippen MR) is 87.9 cm³/mol. The average molecular weight is 465 g/mol. The number of halogens is 3. The highest BCUT2D eigenvalue weighted by atomic mass is 127. The lowest BCUT2D eigenvalue weighted by Gasteiger charge is -2.07. The molecule has 0 saturated heterocycles. The van der Waals surface area contributed by atoms with Crippen LogP contribution in [0.3, 0.4) is 0 Å². The number of rotatable bonds is 3. The number of hydrogen-bond acceptors (Lipinski definition) is 3. The highest BCUT2D eigenvalue weighted by Gasteiger charge is 2.16. The maximum absolute atomic E-state index is 13.4. The minimum Gasteiger partial charge on any atom is -0.322 e. The fourth-order valence-electron chi connectivity index (χ4n) is 1.57. The quantitative estimate of drug-likeness (QED) is 0.417. The molecule has 0 fully saturated rings. The number of anilines is 1. The van der Waals surface area contributed by atoms with Gasteiger partial charge >= 0.3 is 0 Å². The number of non-ortho nitro benzene ring substituents is 1. The first kappa shape index (κ1) is 15.8. The minimum atomic E-state index is -0.577. The largest absolute Gasteiger partial charge is 0.322 e. The van der Waals surface area contributed by atoms with Gasteiger partial charge in [0.25, 0.3) is 11.6 Å². The smallest absolute Gasteiger partial charge is 0.270 e. The van der Waals surface area contributed by atoms with Gasteiger partial charge in [-0.3, -0.25) is 14.9 Å². The van der Waals surface area contributed by atoms with E-state index in [1.165, 1.54) is 30.3 Å². The molecule has 8 heteroatoms. The van der Waals surface area contributed by atoms with Gasteiger partial charge in [-0.15, -0.1) is 0 Å². The third-order valence-electron chi connectivity index (χ3n) is 2.58. The van der Waals surface area contributed by atoms with Crippen LogP contribution in [0.15, 0.2) is 40.9 Å². The molecule has 0 atom stereocenters. The molecule has 2 aromatic carbocycles. The van der Waals surface area contributed by atoms with Crippen LogP contribution in [0.25, 0.3) is 0 Å². The molecule has 21 heavy (non-hydrogen) atoms. The molecule has 0 saturated carbocycles. The van der Waals surface area contributed by atoms with Gasteiger partial charge in [-0.2, -0.15) is 0 Å². The molecule has 0 aliphatic heterocycles. The molecule has 0 spiro atoms. The van der Waals surface area contributed by atoms with E-state index in [9.17, 15) is 19.3 Å². The topological polar surface area (TPSA) is 72.2 Å². The monoisotopic (exact) mass is 464 g/mol.